The van der Waals surface area contributed by atoms with Crippen molar-refractivity contribution in [3.8, 4) is 5.75 Å². The van der Waals surface area contributed by atoms with Crippen molar-refractivity contribution in [2.45, 2.75) is 40.7 Å². The molecule has 1 N–H and O–H groups in total. The van der Waals surface area contributed by atoms with Crippen LogP contribution < -0.4 is 0 Å². The lowest BCUT2D eigenvalue weighted by atomic mass is 10.0. The molecular weight excluding hydrogens is 210 g/mol. The SMILES string of the molecule is CCN(CC(C)C)C(C)c1cc(C)ccc1O. The molecule has 0 saturated carbocycles. The highest BCUT2D eigenvalue weighted by atomic mass is 16.3. The first kappa shape index (κ1) is 14.0. The number of rotatable bonds is 5. The largest absolute Gasteiger partial charge is 0.508 e. The van der Waals surface area contributed by atoms with Gasteiger partial charge in [-0.15, -0.1) is 0 Å². The van der Waals surface area contributed by atoms with E-state index in [1.54, 1.807) is 6.07 Å². The third-order valence-electron chi connectivity index (χ3n) is 3.19. The Kier molecular flexibility index (Phi) is 5.01. The summed E-state index contributed by atoms with van der Waals surface area (Å²) in [6.07, 6.45) is 0. The highest BCUT2D eigenvalue weighted by Gasteiger charge is 2.18. The minimum atomic E-state index is 0.266. The first-order valence-corrected chi connectivity index (χ1v) is 6.49. The number of phenolic OH excluding ortho intramolecular Hbond substituents is 1. The zero-order valence-electron chi connectivity index (χ0n) is 11.7. The van der Waals surface area contributed by atoms with Gasteiger partial charge in [0.25, 0.3) is 0 Å². The molecule has 96 valence electrons. The maximum Gasteiger partial charge on any atom is 0.120 e. The Morgan fingerprint density at radius 1 is 1.24 bits per heavy atom. The van der Waals surface area contributed by atoms with E-state index in [0.29, 0.717) is 11.7 Å². The van der Waals surface area contributed by atoms with E-state index >= 15 is 0 Å². The second-order valence-electron chi connectivity index (χ2n) is 5.22. The van der Waals surface area contributed by atoms with Gasteiger partial charge in [0.1, 0.15) is 5.75 Å². The second kappa shape index (κ2) is 6.06. The van der Waals surface area contributed by atoms with Gasteiger partial charge in [0.2, 0.25) is 0 Å². The summed E-state index contributed by atoms with van der Waals surface area (Å²) in [5.41, 5.74) is 2.23. The fourth-order valence-electron chi connectivity index (χ4n) is 2.24. The number of aromatic hydroxyl groups is 1. The number of hydrogen-bond acceptors (Lipinski definition) is 2. The summed E-state index contributed by atoms with van der Waals surface area (Å²) in [7, 11) is 0. The summed E-state index contributed by atoms with van der Waals surface area (Å²) in [6.45, 7) is 12.9. The van der Waals surface area contributed by atoms with Crippen molar-refractivity contribution in [3.63, 3.8) is 0 Å². The van der Waals surface area contributed by atoms with Gasteiger partial charge in [-0.3, -0.25) is 4.90 Å². The van der Waals surface area contributed by atoms with Crippen LogP contribution in [0.3, 0.4) is 0 Å². The summed E-state index contributed by atoms with van der Waals surface area (Å²) in [4.78, 5) is 2.40. The van der Waals surface area contributed by atoms with Gasteiger partial charge in [0, 0.05) is 18.2 Å². The van der Waals surface area contributed by atoms with E-state index in [1.165, 1.54) is 5.56 Å². The van der Waals surface area contributed by atoms with Gasteiger partial charge in [0.05, 0.1) is 0 Å². The molecule has 2 heteroatoms. The molecule has 0 amide bonds. The van der Waals surface area contributed by atoms with Gasteiger partial charge in [0.15, 0.2) is 0 Å². The molecule has 0 aliphatic rings. The Hall–Kier alpha value is -1.02. The van der Waals surface area contributed by atoms with Crippen molar-refractivity contribution < 1.29 is 5.11 Å². The first-order chi connectivity index (χ1) is 7.95. The minimum Gasteiger partial charge on any atom is -0.508 e. The predicted molar refractivity (Wildman–Crippen MR) is 73.3 cm³/mol. The molecule has 0 saturated heterocycles. The van der Waals surface area contributed by atoms with E-state index in [0.717, 1.165) is 18.7 Å². The van der Waals surface area contributed by atoms with E-state index in [-0.39, 0.29) is 6.04 Å². The van der Waals surface area contributed by atoms with Crippen LogP contribution in [0.1, 0.15) is 44.9 Å². The Morgan fingerprint density at radius 2 is 1.88 bits per heavy atom. The molecule has 1 aromatic carbocycles. The number of benzene rings is 1. The molecular formula is C15H25NO. The molecule has 0 spiro atoms. The summed E-state index contributed by atoms with van der Waals surface area (Å²) in [5, 5.41) is 9.96. The lowest BCUT2D eigenvalue weighted by Crippen LogP contribution is -2.30. The van der Waals surface area contributed by atoms with E-state index in [9.17, 15) is 5.11 Å². The fourth-order valence-corrected chi connectivity index (χ4v) is 2.24. The molecule has 0 aliphatic carbocycles. The Balaban J connectivity index is 2.92. The molecule has 0 heterocycles. The monoisotopic (exact) mass is 235 g/mol. The minimum absolute atomic E-state index is 0.266. The zero-order chi connectivity index (χ0) is 13.0. The predicted octanol–water partition coefficient (Wildman–Crippen LogP) is 3.74. The van der Waals surface area contributed by atoms with Crippen LogP contribution >= 0.6 is 0 Å². The lowest BCUT2D eigenvalue weighted by Gasteiger charge is -2.30. The van der Waals surface area contributed by atoms with Gasteiger partial charge >= 0.3 is 0 Å². The average molecular weight is 235 g/mol. The molecule has 17 heavy (non-hydrogen) atoms. The van der Waals surface area contributed by atoms with Crippen LogP contribution in [0.2, 0.25) is 0 Å². The van der Waals surface area contributed by atoms with E-state index in [4.69, 9.17) is 0 Å². The molecule has 0 bridgehead atoms. The van der Waals surface area contributed by atoms with Crippen LogP contribution in [-0.2, 0) is 0 Å². The van der Waals surface area contributed by atoms with Crippen molar-refractivity contribution in [2.24, 2.45) is 5.92 Å². The fraction of sp³-hybridized carbons (Fsp3) is 0.600. The van der Waals surface area contributed by atoms with Crippen molar-refractivity contribution in [3.05, 3.63) is 29.3 Å². The quantitative estimate of drug-likeness (QED) is 0.840. The van der Waals surface area contributed by atoms with Crippen molar-refractivity contribution in [1.29, 1.82) is 0 Å². The van der Waals surface area contributed by atoms with Gasteiger partial charge in [-0.1, -0.05) is 38.5 Å². The van der Waals surface area contributed by atoms with Gasteiger partial charge < -0.3 is 5.11 Å². The second-order valence-corrected chi connectivity index (χ2v) is 5.22. The molecule has 1 rings (SSSR count). The van der Waals surface area contributed by atoms with E-state index in [2.05, 4.69) is 45.6 Å². The molecule has 0 aliphatic heterocycles. The maximum absolute atomic E-state index is 9.96. The lowest BCUT2D eigenvalue weighted by molar-refractivity contribution is 0.194. The number of hydrogen-bond donors (Lipinski definition) is 1. The molecule has 1 aromatic rings. The Morgan fingerprint density at radius 3 is 2.41 bits per heavy atom. The number of nitrogens with zero attached hydrogens (tertiary/aromatic N) is 1. The van der Waals surface area contributed by atoms with Crippen LogP contribution in [-0.4, -0.2) is 23.1 Å². The molecule has 2 nitrogen and oxygen atoms in total. The topological polar surface area (TPSA) is 23.5 Å². The van der Waals surface area contributed by atoms with E-state index < -0.39 is 0 Å². The summed E-state index contributed by atoms with van der Waals surface area (Å²) < 4.78 is 0. The highest BCUT2D eigenvalue weighted by Crippen LogP contribution is 2.29. The first-order valence-electron chi connectivity index (χ1n) is 6.49. The summed E-state index contributed by atoms with van der Waals surface area (Å²) in [5.74, 6) is 1.05. The Bertz CT molecular complexity index is 360. The summed E-state index contributed by atoms with van der Waals surface area (Å²) in [6, 6.07) is 6.10. The normalized spacial score (nSPS) is 13.4. The van der Waals surface area contributed by atoms with Crippen molar-refractivity contribution in [1.82, 2.24) is 4.90 Å². The molecule has 1 atom stereocenters. The third-order valence-corrected chi connectivity index (χ3v) is 3.19. The third kappa shape index (κ3) is 3.74. The molecule has 1 unspecified atom stereocenters. The molecule has 0 fully saturated rings. The summed E-state index contributed by atoms with van der Waals surface area (Å²) >= 11 is 0. The zero-order valence-corrected chi connectivity index (χ0v) is 11.7. The Labute approximate surface area is 105 Å². The van der Waals surface area contributed by atoms with Gasteiger partial charge in [-0.2, -0.15) is 0 Å². The highest BCUT2D eigenvalue weighted by molar-refractivity contribution is 5.37. The molecule has 0 radical (unpaired) electrons. The van der Waals surface area contributed by atoms with E-state index in [1.807, 2.05) is 6.07 Å². The number of aryl methyl sites for hydroxylation is 1. The van der Waals surface area contributed by atoms with Gasteiger partial charge in [-0.25, -0.2) is 0 Å². The molecule has 0 aromatic heterocycles. The average Bonchev–Trinajstić information content (AvgIpc) is 2.28. The van der Waals surface area contributed by atoms with Crippen LogP contribution in [0.25, 0.3) is 0 Å². The maximum atomic E-state index is 9.96. The number of phenols is 1. The standard InChI is InChI=1S/C15H25NO/c1-6-16(10-11(2)3)13(5)14-9-12(4)7-8-15(14)17/h7-9,11,13,17H,6,10H2,1-5H3. The van der Waals surface area contributed by atoms with Crippen LogP contribution in [0.4, 0.5) is 0 Å². The van der Waals surface area contributed by atoms with Crippen LogP contribution in [0.5, 0.6) is 5.75 Å². The van der Waals surface area contributed by atoms with Crippen LogP contribution in [0.15, 0.2) is 18.2 Å². The van der Waals surface area contributed by atoms with Gasteiger partial charge in [-0.05, 0) is 32.4 Å². The van der Waals surface area contributed by atoms with Crippen molar-refractivity contribution in [2.75, 3.05) is 13.1 Å². The van der Waals surface area contributed by atoms with Crippen LogP contribution in [0, 0.1) is 12.8 Å². The smallest absolute Gasteiger partial charge is 0.120 e. The van der Waals surface area contributed by atoms with Crippen molar-refractivity contribution >= 4 is 0 Å².